The second-order valence-corrected chi connectivity index (χ2v) is 7.76. The number of rotatable bonds is 5. The van der Waals surface area contributed by atoms with Gasteiger partial charge in [0.25, 0.3) is 0 Å². The molecule has 0 spiro atoms. The van der Waals surface area contributed by atoms with E-state index >= 15 is 0 Å². The highest BCUT2D eigenvalue weighted by atomic mass is 16.1. The Morgan fingerprint density at radius 1 is 1.23 bits per heavy atom. The van der Waals surface area contributed by atoms with Crippen LogP contribution in [0.3, 0.4) is 0 Å². The summed E-state index contributed by atoms with van der Waals surface area (Å²) in [5.74, 6) is -0.0336. The molecule has 1 aliphatic rings. The topological polar surface area (TPSA) is 111 Å². The van der Waals surface area contributed by atoms with E-state index in [4.69, 9.17) is 11.5 Å². The van der Waals surface area contributed by atoms with Gasteiger partial charge in [-0.2, -0.15) is 0 Å². The average molecular weight is 403 g/mol. The predicted molar refractivity (Wildman–Crippen MR) is 118 cm³/mol. The SMILES string of the molecule is Cc1ccccc1-c1cnc(N)c(C(=O)Cc2cnccc2N2CCCC(N)C2)n1. The van der Waals surface area contributed by atoms with Crippen LogP contribution in [0.25, 0.3) is 11.3 Å². The first kappa shape index (κ1) is 20.0. The van der Waals surface area contributed by atoms with E-state index in [9.17, 15) is 4.79 Å². The fraction of sp³-hybridized carbons (Fsp3) is 0.304. The van der Waals surface area contributed by atoms with Crippen LogP contribution in [0, 0.1) is 6.92 Å². The van der Waals surface area contributed by atoms with E-state index in [1.165, 1.54) is 0 Å². The van der Waals surface area contributed by atoms with Gasteiger partial charge in [-0.25, -0.2) is 9.97 Å². The number of piperidine rings is 1. The van der Waals surface area contributed by atoms with E-state index < -0.39 is 0 Å². The van der Waals surface area contributed by atoms with E-state index in [0.29, 0.717) is 5.69 Å². The van der Waals surface area contributed by atoms with Crippen molar-refractivity contribution in [3.8, 4) is 11.3 Å². The summed E-state index contributed by atoms with van der Waals surface area (Å²) in [4.78, 5) is 28.4. The van der Waals surface area contributed by atoms with Crippen molar-refractivity contribution < 1.29 is 4.79 Å². The minimum Gasteiger partial charge on any atom is -0.382 e. The molecule has 3 heterocycles. The van der Waals surface area contributed by atoms with Crippen LogP contribution >= 0.6 is 0 Å². The number of anilines is 2. The Kier molecular flexibility index (Phi) is 5.72. The zero-order valence-electron chi connectivity index (χ0n) is 17.1. The van der Waals surface area contributed by atoms with Gasteiger partial charge in [-0.3, -0.25) is 9.78 Å². The number of ketones is 1. The third-order valence-electron chi connectivity index (χ3n) is 5.51. The molecule has 2 aromatic heterocycles. The maximum absolute atomic E-state index is 13.1. The van der Waals surface area contributed by atoms with Crippen molar-refractivity contribution in [3.05, 3.63) is 65.7 Å². The van der Waals surface area contributed by atoms with E-state index in [1.54, 1.807) is 18.6 Å². The number of carbonyl (C=O) groups excluding carboxylic acids is 1. The number of benzene rings is 1. The average Bonchev–Trinajstić information content (AvgIpc) is 2.75. The molecule has 3 aromatic rings. The maximum Gasteiger partial charge on any atom is 0.189 e. The Labute approximate surface area is 176 Å². The van der Waals surface area contributed by atoms with Gasteiger partial charge < -0.3 is 16.4 Å². The van der Waals surface area contributed by atoms with Crippen molar-refractivity contribution in [2.75, 3.05) is 23.7 Å². The van der Waals surface area contributed by atoms with Crippen LogP contribution in [-0.2, 0) is 6.42 Å². The maximum atomic E-state index is 13.1. The third kappa shape index (κ3) is 4.16. The standard InChI is InChI=1S/C23H26N6O/c1-15-5-2-3-7-18(15)19-13-27-23(25)22(28-19)21(30)11-16-12-26-9-8-20(16)29-10-4-6-17(24)14-29/h2-3,5,7-9,12-13,17H,4,6,10-11,14,24H2,1H3,(H2,25,27). The number of pyridine rings is 1. The number of nitrogens with two attached hydrogens (primary N) is 2. The molecule has 4 N–H and O–H groups in total. The molecule has 1 aliphatic heterocycles. The first-order chi connectivity index (χ1) is 14.5. The molecule has 154 valence electrons. The number of aromatic nitrogens is 3. The zero-order valence-corrected chi connectivity index (χ0v) is 17.1. The minimum absolute atomic E-state index is 0.141. The van der Waals surface area contributed by atoms with Gasteiger partial charge in [0.15, 0.2) is 11.6 Å². The highest BCUT2D eigenvalue weighted by Gasteiger charge is 2.22. The lowest BCUT2D eigenvalue weighted by Crippen LogP contribution is -2.43. The van der Waals surface area contributed by atoms with Crippen LogP contribution in [-0.4, -0.2) is 39.9 Å². The van der Waals surface area contributed by atoms with Gasteiger partial charge >= 0.3 is 0 Å². The fourth-order valence-corrected chi connectivity index (χ4v) is 3.94. The van der Waals surface area contributed by atoms with Gasteiger partial charge in [0.05, 0.1) is 11.9 Å². The van der Waals surface area contributed by atoms with Crippen LogP contribution in [0.4, 0.5) is 11.5 Å². The number of Topliss-reactive ketones (excluding diaryl/α,β-unsaturated/α-hetero) is 1. The second kappa shape index (κ2) is 8.59. The highest BCUT2D eigenvalue weighted by Crippen LogP contribution is 2.26. The van der Waals surface area contributed by atoms with Crippen molar-refractivity contribution in [2.24, 2.45) is 5.73 Å². The summed E-state index contributed by atoms with van der Waals surface area (Å²) in [6.07, 6.45) is 7.31. The molecule has 30 heavy (non-hydrogen) atoms. The van der Waals surface area contributed by atoms with Crippen molar-refractivity contribution in [1.29, 1.82) is 0 Å². The Morgan fingerprint density at radius 3 is 2.87 bits per heavy atom. The van der Waals surface area contributed by atoms with E-state index in [0.717, 1.165) is 48.3 Å². The first-order valence-electron chi connectivity index (χ1n) is 10.2. The monoisotopic (exact) mass is 402 g/mol. The number of carbonyl (C=O) groups is 1. The molecule has 1 aromatic carbocycles. The summed E-state index contributed by atoms with van der Waals surface area (Å²) in [5.41, 5.74) is 16.8. The number of nitrogen functional groups attached to an aromatic ring is 1. The summed E-state index contributed by atoms with van der Waals surface area (Å²) < 4.78 is 0. The lowest BCUT2D eigenvalue weighted by molar-refractivity contribution is 0.0989. The molecule has 1 atom stereocenters. The van der Waals surface area contributed by atoms with Crippen molar-refractivity contribution in [2.45, 2.75) is 32.2 Å². The van der Waals surface area contributed by atoms with Crippen LogP contribution < -0.4 is 16.4 Å². The summed E-state index contributed by atoms with van der Waals surface area (Å²) in [6, 6.07) is 9.95. The Hall–Kier alpha value is -3.32. The van der Waals surface area contributed by atoms with Crippen LogP contribution in [0.2, 0.25) is 0 Å². The lowest BCUT2D eigenvalue weighted by Gasteiger charge is -2.33. The first-order valence-corrected chi connectivity index (χ1v) is 10.2. The van der Waals surface area contributed by atoms with Crippen LogP contribution in [0.5, 0.6) is 0 Å². The predicted octanol–water partition coefficient (Wildman–Crippen LogP) is 2.78. The molecule has 0 radical (unpaired) electrons. The molecule has 0 aliphatic carbocycles. The van der Waals surface area contributed by atoms with Crippen molar-refractivity contribution >= 4 is 17.3 Å². The largest absolute Gasteiger partial charge is 0.382 e. The smallest absolute Gasteiger partial charge is 0.189 e. The molecule has 1 unspecified atom stereocenters. The number of nitrogens with zero attached hydrogens (tertiary/aromatic N) is 4. The Bertz CT molecular complexity index is 1070. The minimum atomic E-state index is -0.175. The molecule has 0 amide bonds. The molecule has 4 rings (SSSR count). The van der Waals surface area contributed by atoms with Crippen LogP contribution in [0.1, 0.15) is 34.5 Å². The summed E-state index contributed by atoms with van der Waals surface area (Å²) >= 11 is 0. The number of aryl methyl sites for hydroxylation is 1. The fourth-order valence-electron chi connectivity index (χ4n) is 3.94. The highest BCUT2D eigenvalue weighted by molar-refractivity contribution is 6.00. The van der Waals surface area contributed by atoms with Gasteiger partial charge in [0.2, 0.25) is 0 Å². The Morgan fingerprint density at radius 2 is 2.07 bits per heavy atom. The normalized spacial score (nSPS) is 16.5. The summed E-state index contributed by atoms with van der Waals surface area (Å²) in [5, 5.41) is 0. The quantitative estimate of drug-likeness (QED) is 0.631. The van der Waals surface area contributed by atoms with E-state index in [2.05, 4.69) is 19.9 Å². The molecule has 1 saturated heterocycles. The Balaban J connectivity index is 1.62. The van der Waals surface area contributed by atoms with Crippen molar-refractivity contribution in [3.63, 3.8) is 0 Å². The molecule has 7 heteroatoms. The van der Waals surface area contributed by atoms with Gasteiger partial charge in [0.1, 0.15) is 5.69 Å². The molecule has 0 bridgehead atoms. The lowest BCUT2D eigenvalue weighted by atomic mass is 10.0. The van der Waals surface area contributed by atoms with Gasteiger partial charge in [-0.1, -0.05) is 24.3 Å². The summed E-state index contributed by atoms with van der Waals surface area (Å²) in [6.45, 7) is 3.69. The third-order valence-corrected chi connectivity index (χ3v) is 5.51. The molecular formula is C23H26N6O. The van der Waals surface area contributed by atoms with Crippen molar-refractivity contribution in [1.82, 2.24) is 15.0 Å². The molecular weight excluding hydrogens is 376 g/mol. The number of hydrogen-bond acceptors (Lipinski definition) is 7. The second-order valence-electron chi connectivity index (χ2n) is 7.76. The van der Waals surface area contributed by atoms with Crippen LogP contribution in [0.15, 0.2) is 48.9 Å². The molecule has 0 saturated carbocycles. The molecule has 1 fully saturated rings. The zero-order chi connectivity index (χ0) is 21.1. The van der Waals surface area contributed by atoms with E-state index in [1.807, 2.05) is 37.3 Å². The summed E-state index contributed by atoms with van der Waals surface area (Å²) in [7, 11) is 0. The van der Waals surface area contributed by atoms with Gasteiger partial charge in [0, 0.05) is 54.8 Å². The van der Waals surface area contributed by atoms with Gasteiger partial charge in [-0.15, -0.1) is 0 Å². The van der Waals surface area contributed by atoms with E-state index in [-0.39, 0.29) is 29.8 Å². The van der Waals surface area contributed by atoms with Gasteiger partial charge in [-0.05, 0) is 31.4 Å². The molecule has 7 nitrogen and oxygen atoms in total. The number of hydrogen-bond donors (Lipinski definition) is 2.